The number of hydrogen-bond acceptors (Lipinski definition) is 1. The first-order valence-corrected chi connectivity index (χ1v) is 4.31. The monoisotopic (exact) mass is 234 g/mol. The van der Waals surface area contributed by atoms with E-state index in [1.165, 1.54) is 12.1 Å². The molecule has 0 bridgehead atoms. The zero-order valence-corrected chi connectivity index (χ0v) is 8.14. The Balaban J connectivity index is 3.09. The third-order valence-electron chi connectivity index (χ3n) is 1.68. The highest BCUT2D eigenvalue weighted by Gasteiger charge is 2.30. The molecule has 0 atom stereocenters. The zero-order valence-electron chi connectivity index (χ0n) is 7.38. The normalized spacial score (nSPS) is 12.0. The van der Waals surface area contributed by atoms with Crippen LogP contribution in [0.3, 0.4) is 0 Å². The van der Waals surface area contributed by atoms with E-state index >= 15 is 0 Å². The van der Waals surface area contributed by atoms with Gasteiger partial charge in [-0.1, -0.05) is 23.7 Å². The minimum Gasteiger partial charge on any atom is -0.299 e. The van der Waals surface area contributed by atoms with Gasteiger partial charge in [-0.25, -0.2) is 0 Å². The van der Waals surface area contributed by atoms with E-state index in [4.69, 9.17) is 11.6 Å². The Bertz CT molecular complexity index is 396. The van der Waals surface area contributed by atoms with Gasteiger partial charge in [-0.15, -0.1) is 0 Å². The first kappa shape index (κ1) is 11.8. The van der Waals surface area contributed by atoms with Crippen LogP contribution in [0.1, 0.15) is 11.1 Å². The van der Waals surface area contributed by atoms with Crippen molar-refractivity contribution in [2.75, 3.05) is 0 Å². The van der Waals surface area contributed by atoms with Crippen LogP contribution in [0, 0.1) is 0 Å². The van der Waals surface area contributed by atoms with E-state index in [-0.39, 0.29) is 5.02 Å². The van der Waals surface area contributed by atoms with Crippen LogP contribution in [-0.2, 0) is 11.0 Å². The molecule has 0 aliphatic heterocycles. The number of alkyl halides is 3. The molecule has 0 saturated heterocycles. The fourth-order valence-corrected chi connectivity index (χ4v) is 1.23. The van der Waals surface area contributed by atoms with E-state index in [1.54, 1.807) is 0 Å². The molecular formula is C10H6ClF3O. The second kappa shape index (κ2) is 4.49. The molecule has 0 spiro atoms. The first-order valence-electron chi connectivity index (χ1n) is 3.94. The van der Waals surface area contributed by atoms with Gasteiger partial charge >= 0.3 is 6.18 Å². The summed E-state index contributed by atoms with van der Waals surface area (Å²) in [6.07, 6.45) is -1.38. The molecule has 0 saturated carbocycles. The number of hydrogen-bond donors (Lipinski definition) is 0. The first-order chi connectivity index (χ1) is 6.95. The summed E-state index contributed by atoms with van der Waals surface area (Å²) in [5.74, 6) is 0. The van der Waals surface area contributed by atoms with E-state index in [1.807, 2.05) is 0 Å². The summed E-state index contributed by atoms with van der Waals surface area (Å²) in [5.41, 5.74) is -0.437. The molecule has 0 fully saturated rings. The number of carbonyl (C=O) groups excluding carboxylic acids is 1. The molecule has 0 unspecified atom stereocenters. The van der Waals surface area contributed by atoms with Crippen LogP contribution in [-0.4, -0.2) is 6.29 Å². The van der Waals surface area contributed by atoms with Crippen LogP contribution in [0.2, 0.25) is 5.02 Å². The van der Waals surface area contributed by atoms with Crippen molar-refractivity contribution >= 4 is 24.0 Å². The summed E-state index contributed by atoms with van der Waals surface area (Å²) in [5, 5.41) is -0.0390. The van der Waals surface area contributed by atoms with Gasteiger partial charge in [0, 0.05) is 5.02 Å². The molecule has 0 aliphatic rings. The quantitative estimate of drug-likeness (QED) is 0.565. The average molecular weight is 235 g/mol. The highest BCUT2D eigenvalue weighted by atomic mass is 35.5. The van der Waals surface area contributed by atoms with Crippen LogP contribution in [0.4, 0.5) is 13.2 Å². The van der Waals surface area contributed by atoms with E-state index < -0.39 is 11.7 Å². The maximum Gasteiger partial charge on any atom is 0.416 e. The summed E-state index contributed by atoms with van der Waals surface area (Å²) in [7, 11) is 0. The third-order valence-corrected chi connectivity index (χ3v) is 2.01. The Morgan fingerprint density at radius 1 is 1.27 bits per heavy atom. The van der Waals surface area contributed by atoms with Crippen molar-refractivity contribution < 1.29 is 18.0 Å². The number of allylic oxidation sites excluding steroid dienone is 1. The third kappa shape index (κ3) is 3.09. The van der Waals surface area contributed by atoms with Crippen LogP contribution in [0.25, 0.3) is 6.08 Å². The highest BCUT2D eigenvalue weighted by Crippen LogP contribution is 2.32. The molecule has 1 aromatic carbocycles. The van der Waals surface area contributed by atoms with Gasteiger partial charge in [-0.3, -0.25) is 4.79 Å². The van der Waals surface area contributed by atoms with Crippen LogP contribution in [0.15, 0.2) is 24.3 Å². The lowest BCUT2D eigenvalue weighted by Gasteiger charge is -2.07. The number of aldehydes is 1. The molecule has 1 aromatic rings. The number of rotatable bonds is 2. The zero-order chi connectivity index (χ0) is 11.5. The van der Waals surface area contributed by atoms with Gasteiger partial charge in [0.25, 0.3) is 0 Å². The molecule has 0 radical (unpaired) electrons. The summed E-state index contributed by atoms with van der Waals surface area (Å²) < 4.78 is 36.7. The molecule has 5 heteroatoms. The second-order valence-corrected chi connectivity index (χ2v) is 3.14. The van der Waals surface area contributed by atoms with E-state index in [2.05, 4.69) is 0 Å². The fourth-order valence-electron chi connectivity index (χ4n) is 0.982. The van der Waals surface area contributed by atoms with Gasteiger partial charge in [0.2, 0.25) is 0 Å². The Morgan fingerprint density at radius 2 is 1.93 bits per heavy atom. The van der Waals surface area contributed by atoms with Crippen molar-refractivity contribution in [1.29, 1.82) is 0 Å². The highest BCUT2D eigenvalue weighted by molar-refractivity contribution is 6.32. The topological polar surface area (TPSA) is 17.1 Å². The average Bonchev–Trinajstić information content (AvgIpc) is 2.14. The Labute approximate surface area is 89.2 Å². The maximum absolute atomic E-state index is 12.2. The van der Waals surface area contributed by atoms with Crippen LogP contribution in [0.5, 0.6) is 0 Å². The molecule has 0 heterocycles. The molecule has 0 aromatic heterocycles. The van der Waals surface area contributed by atoms with Crippen molar-refractivity contribution in [3.63, 3.8) is 0 Å². The van der Waals surface area contributed by atoms with Crippen molar-refractivity contribution in [1.82, 2.24) is 0 Å². The van der Waals surface area contributed by atoms with E-state index in [9.17, 15) is 18.0 Å². The minimum atomic E-state index is -4.41. The lowest BCUT2D eigenvalue weighted by atomic mass is 10.1. The van der Waals surface area contributed by atoms with Gasteiger partial charge in [-0.2, -0.15) is 13.2 Å². The van der Waals surface area contributed by atoms with Crippen molar-refractivity contribution in [2.24, 2.45) is 0 Å². The molecule has 80 valence electrons. The lowest BCUT2D eigenvalue weighted by molar-refractivity contribution is -0.137. The van der Waals surface area contributed by atoms with Gasteiger partial charge in [-0.05, 0) is 23.8 Å². The SMILES string of the molecule is O=C/C=C/c1ccc(C(F)(F)F)cc1Cl. The molecule has 0 N–H and O–H groups in total. The predicted octanol–water partition coefficient (Wildman–Crippen LogP) is 3.57. The molecule has 0 amide bonds. The summed E-state index contributed by atoms with van der Waals surface area (Å²) in [6, 6.07) is 2.95. The summed E-state index contributed by atoms with van der Waals surface area (Å²) in [4.78, 5) is 10.0. The van der Waals surface area contributed by atoms with Gasteiger partial charge in [0.1, 0.15) is 6.29 Å². The molecule has 0 aliphatic carbocycles. The summed E-state index contributed by atoms with van der Waals surface area (Å²) >= 11 is 5.60. The van der Waals surface area contributed by atoms with Crippen molar-refractivity contribution in [3.05, 3.63) is 40.4 Å². The number of benzene rings is 1. The smallest absolute Gasteiger partial charge is 0.299 e. The van der Waals surface area contributed by atoms with Gasteiger partial charge in [0.05, 0.1) is 5.56 Å². The standard InChI is InChI=1S/C10H6ClF3O/c11-9-6-8(10(12,13)14)4-3-7(9)2-1-5-15/h1-6H/b2-1+. The van der Waals surface area contributed by atoms with Crippen LogP contribution >= 0.6 is 11.6 Å². The van der Waals surface area contributed by atoms with E-state index in [0.717, 1.165) is 18.2 Å². The minimum absolute atomic E-state index is 0.0390. The maximum atomic E-state index is 12.2. The second-order valence-electron chi connectivity index (χ2n) is 2.73. The van der Waals surface area contributed by atoms with Crippen LogP contribution < -0.4 is 0 Å². The van der Waals surface area contributed by atoms with E-state index in [0.29, 0.717) is 11.8 Å². The Morgan fingerprint density at radius 3 is 2.40 bits per heavy atom. The summed E-state index contributed by atoms with van der Waals surface area (Å²) in [6.45, 7) is 0. The van der Waals surface area contributed by atoms with Crippen molar-refractivity contribution in [2.45, 2.75) is 6.18 Å². The predicted molar refractivity (Wildman–Crippen MR) is 51.6 cm³/mol. The Hall–Kier alpha value is -1.29. The lowest BCUT2D eigenvalue weighted by Crippen LogP contribution is -2.04. The molecular weight excluding hydrogens is 229 g/mol. The fraction of sp³-hybridized carbons (Fsp3) is 0.100. The van der Waals surface area contributed by atoms with Crippen molar-refractivity contribution in [3.8, 4) is 0 Å². The largest absolute Gasteiger partial charge is 0.416 e. The molecule has 1 rings (SSSR count). The number of carbonyl (C=O) groups is 1. The Kier molecular flexibility index (Phi) is 3.52. The number of halogens is 4. The molecule has 1 nitrogen and oxygen atoms in total. The molecule has 15 heavy (non-hydrogen) atoms. The van der Waals surface area contributed by atoms with Gasteiger partial charge < -0.3 is 0 Å². The van der Waals surface area contributed by atoms with Gasteiger partial charge in [0.15, 0.2) is 0 Å².